The molecule has 0 aliphatic carbocycles. The molecule has 0 radical (unpaired) electrons. The van der Waals surface area contributed by atoms with E-state index in [0.29, 0.717) is 0 Å². The standard InChI is InChI=1S/C17H24N2/c1(2-4-9-14-19-15-13-18-16-19)3-6-10-17-11-7-5-8-12-17/h5,7-8,11-13,15-16H,1-4,6,9-10,14H2. The number of hydrogen-bond acceptors (Lipinski definition) is 1. The molecule has 1 aromatic carbocycles. The van der Waals surface area contributed by atoms with Crippen LogP contribution in [0.3, 0.4) is 0 Å². The molecule has 0 atom stereocenters. The van der Waals surface area contributed by atoms with Crippen LogP contribution in [0, 0.1) is 0 Å². The third-order valence-corrected chi connectivity index (χ3v) is 3.53. The van der Waals surface area contributed by atoms with Gasteiger partial charge in [-0.2, -0.15) is 0 Å². The third kappa shape index (κ3) is 5.73. The fraction of sp³-hybridized carbons (Fsp3) is 0.471. The number of hydrogen-bond donors (Lipinski definition) is 0. The molecule has 2 nitrogen and oxygen atoms in total. The first kappa shape index (κ1) is 13.9. The minimum Gasteiger partial charge on any atom is -0.337 e. The Labute approximate surface area is 116 Å². The minimum atomic E-state index is 1.12. The molecule has 2 aromatic rings. The van der Waals surface area contributed by atoms with Gasteiger partial charge in [-0.25, -0.2) is 4.98 Å². The molecule has 2 heteroatoms. The highest BCUT2D eigenvalue weighted by molar-refractivity contribution is 5.14. The van der Waals surface area contributed by atoms with Crippen LogP contribution in [0.25, 0.3) is 0 Å². The van der Waals surface area contributed by atoms with E-state index in [9.17, 15) is 0 Å². The van der Waals surface area contributed by atoms with Crippen LogP contribution in [0.1, 0.15) is 44.1 Å². The van der Waals surface area contributed by atoms with Gasteiger partial charge in [0, 0.05) is 18.9 Å². The Morgan fingerprint density at radius 2 is 1.58 bits per heavy atom. The van der Waals surface area contributed by atoms with Gasteiger partial charge in [-0.1, -0.05) is 56.0 Å². The van der Waals surface area contributed by atoms with Crippen molar-refractivity contribution < 1.29 is 0 Å². The number of rotatable bonds is 9. The van der Waals surface area contributed by atoms with Crippen LogP contribution in [0.5, 0.6) is 0 Å². The van der Waals surface area contributed by atoms with E-state index in [2.05, 4.69) is 39.9 Å². The normalized spacial score (nSPS) is 10.7. The minimum absolute atomic E-state index is 1.12. The fourth-order valence-electron chi connectivity index (χ4n) is 2.39. The quantitative estimate of drug-likeness (QED) is 0.605. The number of benzene rings is 1. The van der Waals surface area contributed by atoms with E-state index in [1.54, 1.807) is 0 Å². The zero-order valence-electron chi connectivity index (χ0n) is 11.7. The molecule has 1 aromatic heterocycles. The summed E-state index contributed by atoms with van der Waals surface area (Å²) in [5.41, 5.74) is 1.47. The van der Waals surface area contributed by atoms with E-state index >= 15 is 0 Å². The Balaban J connectivity index is 1.42. The van der Waals surface area contributed by atoms with Gasteiger partial charge in [0.1, 0.15) is 0 Å². The molecule has 0 bridgehead atoms. The summed E-state index contributed by atoms with van der Waals surface area (Å²) < 4.78 is 2.16. The molecule has 1 heterocycles. The van der Waals surface area contributed by atoms with Crippen molar-refractivity contribution in [3.8, 4) is 0 Å². The Bertz CT molecular complexity index is 420. The van der Waals surface area contributed by atoms with E-state index in [0.717, 1.165) is 6.54 Å². The second kappa shape index (κ2) is 8.52. The average Bonchev–Trinajstić information content (AvgIpc) is 2.96. The van der Waals surface area contributed by atoms with Crippen molar-refractivity contribution in [3.05, 3.63) is 54.6 Å². The van der Waals surface area contributed by atoms with Gasteiger partial charge in [0.05, 0.1) is 6.33 Å². The summed E-state index contributed by atoms with van der Waals surface area (Å²) in [5, 5.41) is 0. The van der Waals surface area contributed by atoms with Gasteiger partial charge in [-0.05, 0) is 24.8 Å². The lowest BCUT2D eigenvalue weighted by Gasteiger charge is -2.03. The third-order valence-electron chi connectivity index (χ3n) is 3.53. The topological polar surface area (TPSA) is 17.8 Å². The number of aryl methyl sites for hydroxylation is 2. The molecule has 0 saturated heterocycles. The van der Waals surface area contributed by atoms with Gasteiger partial charge >= 0.3 is 0 Å². The molecular weight excluding hydrogens is 232 g/mol. The van der Waals surface area contributed by atoms with Crippen LogP contribution >= 0.6 is 0 Å². The SMILES string of the molecule is c1ccc(CCCCCCCCn2ccnc2)cc1. The summed E-state index contributed by atoms with van der Waals surface area (Å²) in [6.45, 7) is 1.12. The van der Waals surface area contributed by atoms with Crippen LogP contribution in [0.2, 0.25) is 0 Å². The molecule has 0 amide bonds. The fourth-order valence-corrected chi connectivity index (χ4v) is 2.39. The van der Waals surface area contributed by atoms with Crippen molar-refractivity contribution in [1.82, 2.24) is 9.55 Å². The summed E-state index contributed by atoms with van der Waals surface area (Å²) in [7, 11) is 0. The van der Waals surface area contributed by atoms with Gasteiger partial charge in [0.25, 0.3) is 0 Å². The monoisotopic (exact) mass is 256 g/mol. The Morgan fingerprint density at radius 3 is 2.32 bits per heavy atom. The largest absolute Gasteiger partial charge is 0.337 e. The van der Waals surface area contributed by atoms with E-state index in [1.165, 1.54) is 50.5 Å². The van der Waals surface area contributed by atoms with Crippen molar-refractivity contribution in [2.75, 3.05) is 0 Å². The summed E-state index contributed by atoms with van der Waals surface area (Å²) in [6.07, 6.45) is 15.1. The van der Waals surface area contributed by atoms with Crippen LogP contribution in [0.15, 0.2) is 49.1 Å². The van der Waals surface area contributed by atoms with Crippen molar-refractivity contribution in [3.63, 3.8) is 0 Å². The molecule has 0 fully saturated rings. The van der Waals surface area contributed by atoms with Gasteiger partial charge in [-0.3, -0.25) is 0 Å². The maximum absolute atomic E-state index is 4.05. The van der Waals surface area contributed by atoms with Crippen LogP contribution in [0.4, 0.5) is 0 Å². The molecule has 19 heavy (non-hydrogen) atoms. The first-order valence-corrected chi connectivity index (χ1v) is 7.45. The predicted molar refractivity (Wildman–Crippen MR) is 80.1 cm³/mol. The van der Waals surface area contributed by atoms with Crippen molar-refractivity contribution in [2.45, 2.75) is 51.5 Å². The maximum atomic E-state index is 4.05. The van der Waals surface area contributed by atoms with E-state index in [4.69, 9.17) is 0 Å². The Kier molecular flexibility index (Phi) is 6.21. The number of unbranched alkanes of at least 4 members (excludes halogenated alkanes) is 5. The lowest BCUT2D eigenvalue weighted by molar-refractivity contribution is 0.552. The second-order valence-electron chi connectivity index (χ2n) is 5.16. The lowest BCUT2D eigenvalue weighted by atomic mass is 10.1. The first-order chi connectivity index (χ1) is 9.45. The lowest BCUT2D eigenvalue weighted by Crippen LogP contribution is -1.94. The average molecular weight is 256 g/mol. The number of nitrogens with zero attached hydrogens (tertiary/aromatic N) is 2. The molecule has 102 valence electrons. The summed E-state index contributed by atoms with van der Waals surface area (Å²) in [4.78, 5) is 4.05. The van der Waals surface area contributed by atoms with E-state index in [1.807, 2.05) is 18.7 Å². The molecular formula is C17H24N2. The summed E-state index contributed by atoms with van der Waals surface area (Å²) in [5.74, 6) is 0. The molecule has 0 saturated carbocycles. The highest BCUT2D eigenvalue weighted by Gasteiger charge is 1.94. The van der Waals surface area contributed by atoms with Gasteiger partial charge < -0.3 is 4.57 Å². The highest BCUT2D eigenvalue weighted by atomic mass is 15.0. The number of imidazole rings is 1. The molecule has 0 unspecified atom stereocenters. The summed E-state index contributed by atoms with van der Waals surface area (Å²) in [6, 6.07) is 10.8. The Hall–Kier alpha value is -1.57. The number of aromatic nitrogens is 2. The van der Waals surface area contributed by atoms with Crippen molar-refractivity contribution >= 4 is 0 Å². The second-order valence-corrected chi connectivity index (χ2v) is 5.16. The van der Waals surface area contributed by atoms with Crippen molar-refractivity contribution in [2.24, 2.45) is 0 Å². The smallest absolute Gasteiger partial charge is 0.0945 e. The molecule has 0 spiro atoms. The molecule has 0 aliphatic rings. The molecule has 0 aliphatic heterocycles. The van der Waals surface area contributed by atoms with Gasteiger partial charge in [0.15, 0.2) is 0 Å². The zero-order valence-corrected chi connectivity index (χ0v) is 11.7. The first-order valence-electron chi connectivity index (χ1n) is 7.45. The van der Waals surface area contributed by atoms with E-state index in [-0.39, 0.29) is 0 Å². The molecule has 0 N–H and O–H groups in total. The predicted octanol–water partition coefficient (Wildman–Crippen LogP) is 4.47. The molecule has 2 rings (SSSR count). The van der Waals surface area contributed by atoms with Crippen LogP contribution < -0.4 is 0 Å². The zero-order chi connectivity index (χ0) is 13.2. The summed E-state index contributed by atoms with van der Waals surface area (Å²) >= 11 is 0. The van der Waals surface area contributed by atoms with E-state index < -0.39 is 0 Å². The van der Waals surface area contributed by atoms with Crippen LogP contribution in [-0.4, -0.2) is 9.55 Å². The van der Waals surface area contributed by atoms with Crippen molar-refractivity contribution in [1.29, 1.82) is 0 Å². The maximum Gasteiger partial charge on any atom is 0.0945 e. The van der Waals surface area contributed by atoms with Gasteiger partial charge in [-0.15, -0.1) is 0 Å². The van der Waals surface area contributed by atoms with Crippen LogP contribution in [-0.2, 0) is 13.0 Å². The highest BCUT2D eigenvalue weighted by Crippen LogP contribution is 2.10. The Morgan fingerprint density at radius 1 is 0.842 bits per heavy atom. The van der Waals surface area contributed by atoms with Gasteiger partial charge in [0.2, 0.25) is 0 Å².